The Morgan fingerprint density at radius 2 is 1.86 bits per heavy atom. The monoisotopic (exact) mass is 339 g/mol. The van der Waals surface area contributed by atoms with Crippen LogP contribution in [0.15, 0.2) is 47.4 Å². The van der Waals surface area contributed by atoms with Crippen molar-refractivity contribution in [1.29, 1.82) is 0 Å². The van der Waals surface area contributed by atoms with Gasteiger partial charge in [0.1, 0.15) is 0 Å². The molecule has 0 aliphatic heterocycles. The van der Waals surface area contributed by atoms with Crippen LogP contribution in [0.2, 0.25) is 10.0 Å². The van der Waals surface area contributed by atoms with E-state index in [1.54, 1.807) is 11.8 Å². The van der Waals surface area contributed by atoms with E-state index >= 15 is 0 Å². The Labute approximate surface area is 141 Å². The lowest BCUT2D eigenvalue weighted by Crippen LogP contribution is -2.17. The topological polar surface area (TPSA) is 12.0 Å². The zero-order valence-electron chi connectivity index (χ0n) is 12.2. The second-order valence-corrected chi connectivity index (χ2v) is 6.71. The summed E-state index contributed by atoms with van der Waals surface area (Å²) in [5.74, 6) is 0.845. The molecule has 0 aromatic heterocycles. The van der Waals surface area contributed by atoms with Crippen LogP contribution in [0.1, 0.15) is 31.0 Å². The zero-order valence-corrected chi connectivity index (χ0v) is 14.5. The van der Waals surface area contributed by atoms with Gasteiger partial charge >= 0.3 is 0 Å². The minimum Gasteiger partial charge on any atom is -0.310 e. The summed E-state index contributed by atoms with van der Waals surface area (Å²) in [6.07, 6.45) is 0. The molecule has 1 atom stereocenters. The number of halogens is 2. The van der Waals surface area contributed by atoms with E-state index in [9.17, 15) is 0 Å². The van der Waals surface area contributed by atoms with Crippen molar-refractivity contribution in [2.45, 2.75) is 30.5 Å². The normalized spacial score (nSPS) is 12.4. The van der Waals surface area contributed by atoms with Gasteiger partial charge in [0, 0.05) is 26.7 Å². The summed E-state index contributed by atoms with van der Waals surface area (Å²) in [5, 5.41) is 5.00. The number of thioether (sulfide) groups is 1. The number of hydrogen-bond donors (Lipinski definition) is 1. The first-order valence-electron chi connectivity index (χ1n) is 7.01. The molecule has 0 saturated carbocycles. The standard InChI is InChI=1S/C17H19Cl2NS/c1-3-20-12(2)15-9-8-14(10-17(15)19)21-11-13-6-4-5-7-16(13)18/h4-10,12,20H,3,11H2,1-2H3. The molecule has 2 aromatic carbocycles. The molecule has 21 heavy (non-hydrogen) atoms. The highest BCUT2D eigenvalue weighted by molar-refractivity contribution is 7.98. The highest BCUT2D eigenvalue weighted by atomic mass is 35.5. The lowest BCUT2D eigenvalue weighted by atomic mass is 10.1. The van der Waals surface area contributed by atoms with Crippen molar-refractivity contribution < 1.29 is 0 Å². The van der Waals surface area contributed by atoms with E-state index in [4.69, 9.17) is 23.2 Å². The predicted molar refractivity (Wildman–Crippen MR) is 94.6 cm³/mol. The highest BCUT2D eigenvalue weighted by Crippen LogP contribution is 2.31. The van der Waals surface area contributed by atoms with Crippen LogP contribution in [0.4, 0.5) is 0 Å². The maximum Gasteiger partial charge on any atom is 0.0464 e. The maximum absolute atomic E-state index is 6.39. The van der Waals surface area contributed by atoms with Crippen LogP contribution in [0.3, 0.4) is 0 Å². The van der Waals surface area contributed by atoms with Gasteiger partial charge in [0.25, 0.3) is 0 Å². The van der Waals surface area contributed by atoms with Crippen molar-refractivity contribution >= 4 is 35.0 Å². The Morgan fingerprint density at radius 3 is 2.52 bits per heavy atom. The van der Waals surface area contributed by atoms with Crippen LogP contribution in [0, 0.1) is 0 Å². The molecule has 2 aromatic rings. The van der Waals surface area contributed by atoms with Crippen molar-refractivity contribution in [3.05, 3.63) is 63.6 Å². The first-order valence-corrected chi connectivity index (χ1v) is 8.75. The summed E-state index contributed by atoms with van der Waals surface area (Å²) in [6, 6.07) is 14.5. The quantitative estimate of drug-likeness (QED) is 0.652. The molecule has 0 aliphatic rings. The van der Waals surface area contributed by atoms with E-state index in [1.165, 1.54) is 0 Å². The van der Waals surface area contributed by atoms with Gasteiger partial charge in [0.15, 0.2) is 0 Å². The van der Waals surface area contributed by atoms with E-state index in [1.807, 2.05) is 24.3 Å². The van der Waals surface area contributed by atoms with Gasteiger partial charge in [0.2, 0.25) is 0 Å². The Hall–Kier alpha value is -0.670. The van der Waals surface area contributed by atoms with Crippen molar-refractivity contribution in [2.75, 3.05) is 6.54 Å². The van der Waals surface area contributed by atoms with Crippen molar-refractivity contribution in [3.63, 3.8) is 0 Å². The molecule has 0 spiro atoms. The summed E-state index contributed by atoms with van der Waals surface area (Å²) in [5.41, 5.74) is 2.28. The zero-order chi connectivity index (χ0) is 15.2. The summed E-state index contributed by atoms with van der Waals surface area (Å²) in [4.78, 5) is 1.16. The van der Waals surface area contributed by atoms with Gasteiger partial charge in [-0.2, -0.15) is 0 Å². The van der Waals surface area contributed by atoms with E-state index in [0.29, 0.717) is 0 Å². The lowest BCUT2D eigenvalue weighted by Gasteiger charge is -2.15. The van der Waals surface area contributed by atoms with Crippen LogP contribution in [0.25, 0.3) is 0 Å². The van der Waals surface area contributed by atoms with Gasteiger partial charge in [0.05, 0.1) is 0 Å². The van der Waals surface area contributed by atoms with Crippen molar-refractivity contribution in [2.24, 2.45) is 0 Å². The predicted octanol–water partition coefficient (Wildman–Crippen LogP) is 5.96. The van der Waals surface area contributed by atoms with Gasteiger partial charge in [-0.3, -0.25) is 0 Å². The van der Waals surface area contributed by atoms with Gasteiger partial charge in [-0.05, 0) is 42.8 Å². The molecular formula is C17H19Cl2NS. The highest BCUT2D eigenvalue weighted by Gasteiger charge is 2.09. The van der Waals surface area contributed by atoms with E-state index in [2.05, 4.69) is 37.4 Å². The van der Waals surface area contributed by atoms with Gasteiger partial charge < -0.3 is 5.32 Å². The van der Waals surface area contributed by atoms with E-state index in [0.717, 1.165) is 38.4 Å². The third-order valence-corrected chi connectivity index (χ3v) is 5.04. The van der Waals surface area contributed by atoms with Crippen LogP contribution in [-0.2, 0) is 5.75 Å². The summed E-state index contributed by atoms with van der Waals surface area (Å²) < 4.78 is 0. The summed E-state index contributed by atoms with van der Waals surface area (Å²) >= 11 is 14.3. The molecule has 0 radical (unpaired) electrons. The smallest absolute Gasteiger partial charge is 0.0464 e. The third-order valence-electron chi connectivity index (χ3n) is 3.30. The summed E-state index contributed by atoms with van der Waals surface area (Å²) in [7, 11) is 0. The molecule has 0 aliphatic carbocycles. The van der Waals surface area contributed by atoms with Crippen LogP contribution in [0.5, 0.6) is 0 Å². The first kappa shape index (κ1) is 16.7. The maximum atomic E-state index is 6.39. The Balaban J connectivity index is 2.05. The molecule has 1 N–H and O–H groups in total. The number of hydrogen-bond acceptors (Lipinski definition) is 2. The summed E-state index contributed by atoms with van der Waals surface area (Å²) in [6.45, 7) is 5.15. The molecule has 1 nitrogen and oxygen atoms in total. The number of nitrogens with one attached hydrogen (secondary N) is 1. The third kappa shape index (κ3) is 4.65. The van der Waals surface area contributed by atoms with E-state index in [-0.39, 0.29) is 6.04 Å². The molecule has 0 fully saturated rings. The molecule has 0 heterocycles. The van der Waals surface area contributed by atoms with Crippen molar-refractivity contribution in [3.8, 4) is 0 Å². The van der Waals surface area contributed by atoms with Crippen LogP contribution < -0.4 is 5.32 Å². The van der Waals surface area contributed by atoms with Crippen molar-refractivity contribution in [1.82, 2.24) is 5.32 Å². The minimum absolute atomic E-state index is 0.269. The largest absolute Gasteiger partial charge is 0.310 e. The fourth-order valence-corrected chi connectivity index (χ4v) is 3.77. The average Bonchev–Trinajstić information content (AvgIpc) is 2.46. The second kappa shape index (κ2) is 8.09. The van der Waals surface area contributed by atoms with Gasteiger partial charge in [-0.1, -0.05) is 54.4 Å². The van der Waals surface area contributed by atoms with Gasteiger partial charge in [-0.15, -0.1) is 11.8 Å². The SMILES string of the molecule is CCNC(C)c1ccc(SCc2ccccc2Cl)cc1Cl. The molecule has 0 bridgehead atoms. The van der Waals surface area contributed by atoms with Gasteiger partial charge in [-0.25, -0.2) is 0 Å². The molecular weight excluding hydrogens is 321 g/mol. The lowest BCUT2D eigenvalue weighted by molar-refractivity contribution is 0.598. The fourth-order valence-electron chi connectivity index (χ4n) is 2.14. The Bertz CT molecular complexity index is 601. The molecule has 112 valence electrons. The molecule has 0 amide bonds. The molecule has 1 unspecified atom stereocenters. The van der Waals surface area contributed by atoms with Crippen LogP contribution in [-0.4, -0.2) is 6.54 Å². The van der Waals surface area contributed by atoms with E-state index < -0.39 is 0 Å². The average molecular weight is 340 g/mol. The molecule has 0 saturated heterocycles. The Kier molecular flexibility index (Phi) is 6.43. The number of benzene rings is 2. The fraction of sp³-hybridized carbons (Fsp3) is 0.294. The Morgan fingerprint density at radius 1 is 1.10 bits per heavy atom. The minimum atomic E-state index is 0.269. The second-order valence-electron chi connectivity index (χ2n) is 4.84. The number of rotatable bonds is 6. The molecule has 4 heteroatoms. The first-order chi connectivity index (χ1) is 10.1. The van der Waals surface area contributed by atoms with Crippen LogP contribution >= 0.6 is 35.0 Å². The molecule has 2 rings (SSSR count).